The van der Waals surface area contributed by atoms with Crippen molar-refractivity contribution < 1.29 is 28.8 Å². The van der Waals surface area contributed by atoms with Gasteiger partial charge in [0.2, 0.25) is 29.4 Å². The Kier molecular flexibility index (Phi) is 12.9. The van der Waals surface area contributed by atoms with Crippen molar-refractivity contribution in [2.75, 3.05) is 14.1 Å². The van der Waals surface area contributed by atoms with Crippen molar-refractivity contribution in [2.45, 2.75) is 84.6 Å². The number of hydrogen-bond donors (Lipinski definition) is 5. The molecule has 0 bridgehead atoms. The highest BCUT2D eigenvalue weighted by Crippen LogP contribution is 2.20. The third-order valence-electron chi connectivity index (χ3n) is 6.23. The second-order valence-electron chi connectivity index (χ2n) is 11.1. The van der Waals surface area contributed by atoms with Gasteiger partial charge in [-0.25, -0.2) is 0 Å². The van der Waals surface area contributed by atoms with Gasteiger partial charge in [-0.15, -0.1) is 0 Å². The third kappa shape index (κ3) is 10.4. The molecule has 0 saturated heterocycles. The highest BCUT2D eigenvalue weighted by atomic mass is 16.2. The molecule has 40 heavy (non-hydrogen) atoms. The van der Waals surface area contributed by atoms with Crippen LogP contribution < -0.4 is 27.0 Å². The highest BCUT2D eigenvalue weighted by Gasteiger charge is 2.37. The van der Waals surface area contributed by atoms with Crippen LogP contribution in [-0.2, 0) is 28.8 Å². The van der Waals surface area contributed by atoms with E-state index in [0.29, 0.717) is 6.42 Å². The molecule has 12 heteroatoms. The van der Waals surface area contributed by atoms with Crippen LogP contribution in [0, 0.1) is 5.41 Å². The largest absolute Gasteiger partial charge is 0.349 e. The summed E-state index contributed by atoms with van der Waals surface area (Å²) in [6, 6.07) is 4.18. The number of rotatable bonds is 13. The van der Waals surface area contributed by atoms with Crippen LogP contribution in [0.4, 0.5) is 0 Å². The molecular formula is C28H44N6O6. The predicted octanol–water partition coefficient (Wildman–Crippen LogP) is 0.169. The minimum absolute atomic E-state index is 0.397. The molecule has 2 unspecified atom stereocenters. The molecule has 0 aliphatic rings. The number of hydrogen-bond acceptors (Lipinski definition) is 7. The Hall–Kier alpha value is -3.80. The first-order valence-corrected chi connectivity index (χ1v) is 13.3. The first-order valence-electron chi connectivity index (χ1n) is 13.3. The number of ketones is 1. The molecule has 5 atom stereocenters. The minimum Gasteiger partial charge on any atom is -0.349 e. The van der Waals surface area contributed by atoms with Gasteiger partial charge in [-0.1, -0.05) is 58.0 Å². The molecule has 12 nitrogen and oxygen atoms in total. The van der Waals surface area contributed by atoms with Crippen molar-refractivity contribution >= 4 is 35.3 Å². The molecule has 1 rings (SSSR count). The van der Waals surface area contributed by atoms with E-state index in [-0.39, 0.29) is 0 Å². The zero-order chi connectivity index (χ0) is 30.8. The highest BCUT2D eigenvalue weighted by molar-refractivity contribution is 6.38. The number of nitrogens with two attached hydrogens (primary N) is 1. The summed E-state index contributed by atoms with van der Waals surface area (Å²) in [7, 11) is 2.99. The van der Waals surface area contributed by atoms with E-state index in [1.165, 1.54) is 32.8 Å². The molecule has 0 fully saturated rings. The molecule has 0 aromatic heterocycles. The first kappa shape index (κ1) is 34.2. The molecule has 0 aliphatic heterocycles. The zero-order valence-corrected chi connectivity index (χ0v) is 24.7. The van der Waals surface area contributed by atoms with E-state index in [2.05, 4.69) is 21.3 Å². The molecule has 222 valence electrons. The summed E-state index contributed by atoms with van der Waals surface area (Å²) in [4.78, 5) is 77.9. The molecule has 1 aromatic carbocycles. The van der Waals surface area contributed by atoms with Gasteiger partial charge < -0.3 is 31.9 Å². The van der Waals surface area contributed by atoms with Gasteiger partial charge in [-0.3, -0.25) is 28.8 Å². The predicted molar refractivity (Wildman–Crippen MR) is 151 cm³/mol. The van der Waals surface area contributed by atoms with Gasteiger partial charge in [0.1, 0.15) is 12.1 Å². The van der Waals surface area contributed by atoms with E-state index in [1.54, 1.807) is 20.8 Å². The van der Waals surface area contributed by atoms with Crippen molar-refractivity contribution in [1.29, 1.82) is 0 Å². The maximum atomic E-state index is 13.2. The fraction of sp³-hybridized carbons (Fsp3) is 0.571. The van der Waals surface area contributed by atoms with Gasteiger partial charge in [0.25, 0.3) is 5.91 Å². The lowest BCUT2D eigenvalue weighted by Gasteiger charge is -2.32. The third-order valence-corrected chi connectivity index (χ3v) is 6.23. The second kappa shape index (κ2) is 15.1. The molecule has 5 amide bonds. The summed E-state index contributed by atoms with van der Waals surface area (Å²) in [6.07, 6.45) is 0.126. The van der Waals surface area contributed by atoms with Crippen LogP contribution in [0.5, 0.6) is 0 Å². The Labute approximate surface area is 236 Å². The molecule has 1 aromatic rings. The summed E-state index contributed by atoms with van der Waals surface area (Å²) in [5.74, 6) is -4.33. The number of nitrogens with zero attached hydrogens (tertiary/aromatic N) is 1. The summed E-state index contributed by atoms with van der Waals surface area (Å²) in [5, 5.41) is 10.2. The van der Waals surface area contributed by atoms with Crippen LogP contribution in [0.2, 0.25) is 0 Å². The maximum Gasteiger partial charge on any atom is 0.290 e. The Morgan fingerprint density at radius 3 is 1.90 bits per heavy atom. The molecule has 6 N–H and O–H groups in total. The van der Waals surface area contributed by atoms with E-state index < -0.39 is 77.4 Å². The van der Waals surface area contributed by atoms with E-state index in [1.807, 2.05) is 37.3 Å². The maximum absolute atomic E-state index is 13.2. The molecular weight excluding hydrogens is 516 g/mol. The fourth-order valence-corrected chi connectivity index (χ4v) is 3.68. The summed E-state index contributed by atoms with van der Waals surface area (Å²) in [5.41, 5.74) is 5.70. The Morgan fingerprint density at radius 2 is 1.43 bits per heavy atom. The van der Waals surface area contributed by atoms with E-state index in [4.69, 9.17) is 5.73 Å². The van der Waals surface area contributed by atoms with Crippen molar-refractivity contribution in [3.05, 3.63) is 35.9 Å². The number of carbonyl (C=O) groups excluding carboxylic acids is 6. The number of amides is 5. The van der Waals surface area contributed by atoms with E-state index in [0.717, 1.165) is 5.56 Å². The van der Waals surface area contributed by atoms with E-state index in [9.17, 15) is 28.8 Å². The van der Waals surface area contributed by atoms with Gasteiger partial charge in [0, 0.05) is 14.1 Å². The lowest BCUT2D eigenvalue weighted by Crippen LogP contribution is -2.60. The Bertz CT molecular complexity index is 1070. The standard InChI is InChI=1S/C28H44N6O6/c1-9-19(18-13-11-10-12-14-18)31-26(39)22(36)17(3)30-25(38)20(15-21(35)34(7)8)32-27(40)23(28(4,5)6)33-24(37)16(2)29/h10-14,16-17,19-20,23H,9,15,29H2,1-8H3,(H,30,38)(H,31,39)(H,32,40)(H,33,37)/t16?,17?,19-,20+,23-/m1/s1. The van der Waals surface area contributed by atoms with Gasteiger partial charge in [0.05, 0.1) is 24.5 Å². The number of Topliss-reactive ketones (excluding diaryl/α,β-unsaturated/α-hetero) is 1. The van der Waals surface area contributed by atoms with Crippen LogP contribution in [-0.4, -0.2) is 78.5 Å². The van der Waals surface area contributed by atoms with Gasteiger partial charge in [-0.05, 0) is 31.2 Å². The minimum atomic E-state index is -1.38. The van der Waals surface area contributed by atoms with Crippen LogP contribution in [0.3, 0.4) is 0 Å². The zero-order valence-electron chi connectivity index (χ0n) is 24.7. The van der Waals surface area contributed by atoms with Crippen molar-refractivity contribution in [2.24, 2.45) is 11.1 Å². The average molecular weight is 561 g/mol. The first-order chi connectivity index (χ1) is 18.5. The fourth-order valence-electron chi connectivity index (χ4n) is 3.68. The second-order valence-corrected chi connectivity index (χ2v) is 11.1. The number of carbonyl (C=O) groups is 6. The molecule has 0 saturated carbocycles. The molecule has 0 heterocycles. The quantitative estimate of drug-likeness (QED) is 0.213. The molecule has 0 spiro atoms. The SMILES string of the molecule is CC[C@@H](NC(=O)C(=O)C(C)NC(=O)[C@H](CC(=O)N(C)C)NC(=O)[C@@H](NC(=O)C(C)N)C(C)(C)C)c1ccccc1. The lowest BCUT2D eigenvalue weighted by molar-refractivity contribution is -0.141. The van der Waals surface area contributed by atoms with Gasteiger partial charge in [-0.2, -0.15) is 0 Å². The summed E-state index contributed by atoms with van der Waals surface area (Å²) >= 11 is 0. The van der Waals surface area contributed by atoms with Crippen molar-refractivity contribution in [1.82, 2.24) is 26.2 Å². The summed E-state index contributed by atoms with van der Waals surface area (Å²) in [6.45, 7) is 9.84. The smallest absolute Gasteiger partial charge is 0.290 e. The van der Waals surface area contributed by atoms with Crippen LogP contribution in [0.1, 0.15) is 66.0 Å². The Balaban J connectivity index is 3.06. The topological polar surface area (TPSA) is 180 Å². The Morgan fingerprint density at radius 1 is 0.850 bits per heavy atom. The van der Waals surface area contributed by atoms with Crippen LogP contribution >= 0.6 is 0 Å². The normalized spacial score (nSPS) is 14.9. The van der Waals surface area contributed by atoms with Gasteiger partial charge >= 0.3 is 0 Å². The van der Waals surface area contributed by atoms with Crippen LogP contribution in [0.25, 0.3) is 0 Å². The van der Waals surface area contributed by atoms with Crippen LogP contribution in [0.15, 0.2) is 30.3 Å². The monoisotopic (exact) mass is 560 g/mol. The van der Waals surface area contributed by atoms with E-state index >= 15 is 0 Å². The average Bonchev–Trinajstić information content (AvgIpc) is 2.88. The van der Waals surface area contributed by atoms with Crippen molar-refractivity contribution in [3.63, 3.8) is 0 Å². The number of nitrogens with one attached hydrogen (secondary N) is 4. The van der Waals surface area contributed by atoms with Crippen molar-refractivity contribution in [3.8, 4) is 0 Å². The number of benzene rings is 1. The lowest BCUT2D eigenvalue weighted by atomic mass is 9.85. The summed E-state index contributed by atoms with van der Waals surface area (Å²) < 4.78 is 0. The molecule has 0 aliphatic carbocycles. The molecule has 0 radical (unpaired) electrons. The van der Waals surface area contributed by atoms with Gasteiger partial charge in [0.15, 0.2) is 0 Å².